The molecule has 3 heterocycles. The largest absolute Gasteiger partial charge is 0.379 e. The van der Waals surface area contributed by atoms with Crippen LogP contribution in [0.5, 0.6) is 0 Å². The van der Waals surface area contributed by atoms with Crippen LogP contribution in [-0.4, -0.2) is 52.0 Å². The average Bonchev–Trinajstić information content (AvgIpc) is 3.23. The fourth-order valence-corrected chi connectivity index (χ4v) is 2.82. The zero-order valence-corrected chi connectivity index (χ0v) is 14.1. The van der Waals surface area contributed by atoms with Crippen molar-refractivity contribution in [3.05, 3.63) is 35.5 Å². The van der Waals surface area contributed by atoms with Crippen LogP contribution in [0.2, 0.25) is 0 Å². The third-order valence-electron chi connectivity index (χ3n) is 4.20. The minimum absolute atomic E-state index is 0.107. The second-order valence-electron chi connectivity index (χ2n) is 5.88. The molecule has 2 aromatic rings. The molecule has 0 spiro atoms. The molecule has 0 saturated carbocycles. The smallest absolute Gasteiger partial charge is 0.274 e. The molecule has 3 rings (SSSR count). The number of amides is 1. The molecule has 1 atom stereocenters. The minimum Gasteiger partial charge on any atom is -0.379 e. The van der Waals surface area contributed by atoms with Gasteiger partial charge in [-0.2, -0.15) is 5.10 Å². The van der Waals surface area contributed by atoms with Crippen molar-refractivity contribution < 1.29 is 14.1 Å². The number of nitrogens with one attached hydrogen (secondary N) is 1. The maximum absolute atomic E-state index is 12.4. The Balaban J connectivity index is 1.61. The molecule has 0 bridgehead atoms. The van der Waals surface area contributed by atoms with Gasteiger partial charge < -0.3 is 14.6 Å². The Morgan fingerprint density at radius 2 is 2.21 bits per heavy atom. The van der Waals surface area contributed by atoms with Crippen molar-refractivity contribution in [3.8, 4) is 0 Å². The van der Waals surface area contributed by atoms with E-state index in [9.17, 15) is 4.79 Å². The zero-order valence-electron chi connectivity index (χ0n) is 14.1. The predicted octanol–water partition coefficient (Wildman–Crippen LogP) is 1.12. The molecular formula is C16H23N5O3. The molecule has 130 valence electrons. The molecule has 0 aliphatic carbocycles. The number of aryl methyl sites for hydroxylation is 1. The molecule has 1 N–H and O–H groups in total. The molecule has 2 aromatic heterocycles. The first-order chi connectivity index (χ1) is 11.7. The van der Waals surface area contributed by atoms with Gasteiger partial charge >= 0.3 is 0 Å². The summed E-state index contributed by atoms with van der Waals surface area (Å²) >= 11 is 0. The predicted molar refractivity (Wildman–Crippen MR) is 86.3 cm³/mol. The summed E-state index contributed by atoms with van der Waals surface area (Å²) in [4.78, 5) is 14.6. The normalized spacial score (nSPS) is 16.9. The van der Waals surface area contributed by atoms with Crippen LogP contribution in [0.4, 0.5) is 0 Å². The Bertz CT molecular complexity index is 675. The lowest BCUT2D eigenvalue weighted by molar-refractivity contribution is 0.0305. The second-order valence-corrected chi connectivity index (χ2v) is 5.88. The van der Waals surface area contributed by atoms with E-state index in [1.54, 1.807) is 16.9 Å². The highest BCUT2D eigenvalue weighted by atomic mass is 16.5. The lowest BCUT2D eigenvalue weighted by atomic mass is 10.1. The van der Waals surface area contributed by atoms with Crippen LogP contribution < -0.4 is 5.32 Å². The topological polar surface area (TPSA) is 85.4 Å². The molecule has 1 aliphatic heterocycles. The molecule has 1 aliphatic rings. The first-order valence-corrected chi connectivity index (χ1v) is 8.22. The zero-order chi connectivity index (χ0) is 16.9. The van der Waals surface area contributed by atoms with E-state index < -0.39 is 0 Å². The number of nitrogens with zero attached hydrogens (tertiary/aromatic N) is 4. The highest BCUT2D eigenvalue weighted by Gasteiger charge is 2.20. The van der Waals surface area contributed by atoms with E-state index in [1.165, 1.54) is 0 Å². The lowest BCUT2D eigenvalue weighted by Crippen LogP contribution is -2.35. The third kappa shape index (κ3) is 3.82. The van der Waals surface area contributed by atoms with E-state index >= 15 is 0 Å². The van der Waals surface area contributed by atoms with E-state index in [4.69, 9.17) is 9.26 Å². The number of carbonyl (C=O) groups excluding carboxylic acids is 1. The molecule has 1 amide bonds. The molecule has 0 radical (unpaired) electrons. The number of carbonyl (C=O) groups is 1. The molecular weight excluding hydrogens is 310 g/mol. The number of hydrogen-bond acceptors (Lipinski definition) is 6. The van der Waals surface area contributed by atoms with E-state index in [0.717, 1.165) is 38.4 Å². The van der Waals surface area contributed by atoms with Gasteiger partial charge in [0.05, 0.1) is 31.5 Å². The summed E-state index contributed by atoms with van der Waals surface area (Å²) in [7, 11) is 1.86. The van der Waals surface area contributed by atoms with Gasteiger partial charge in [0.2, 0.25) is 0 Å². The monoisotopic (exact) mass is 333 g/mol. The molecule has 24 heavy (non-hydrogen) atoms. The van der Waals surface area contributed by atoms with Gasteiger partial charge in [0, 0.05) is 32.4 Å². The Hall–Kier alpha value is -2.19. The van der Waals surface area contributed by atoms with Gasteiger partial charge in [-0.25, -0.2) is 0 Å². The highest BCUT2D eigenvalue weighted by Crippen LogP contribution is 2.16. The second kappa shape index (κ2) is 7.59. The molecule has 1 fully saturated rings. The Morgan fingerprint density at radius 3 is 2.88 bits per heavy atom. The number of ether oxygens (including phenoxy) is 1. The van der Waals surface area contributed by atoms with Gasteiger partial charge in [0.1, 0.15) is 0 Å². The summed E-state index contributed by atoms with van der Waals surface area (Å²) in [6.45, 7) is 5.84. The molecule has 8 heteroatoms. The summed E-state index contributed by atoms with van der Waals surface area (Å²) in [5.74, 6) is 0.454. The maximum Gasteiger partial charge on any atom is 0.274 e. The van der Waals surface area contributed by atoms with E-state index in [1.807, 2.05) is 20.0 Å². The molecule has 0 aromatic carbocycles. The van der Waals surface area contributed by atoms with Gasteiger partial charge in [-0.3, -0.25) is 14.4 Å². The van der Waals surface area contributed by atoms with Gasteiger partial charge in [-0.05, 0) is 12.5 Å². The van der Waals surface area contributed by atoms with Crippen molar-refractivity contribution in [2.75, 3.05) is 26.3 Å². The third-order valence-corrected chi connectivity index (χ3v) is 4.20. The number of rotatable bonds is 6. The fraction of sp³-hybridized carbons (Fsp3) is 0.562. The quantitative estimate of drug-likeness (QED) is 0.853. The van der Waals surface area contributed by atoms with E-state index in [2.05, 4.69) is 20.5 Å². The van der Waals surface area contributed by atoms with E-state index in [0.29, 0.717) is 18.0 Å². The van der Waals surface area contributed by atoms with Crippen LogP contribution in [0, 0.1) is 0 Å². The molecule has 1 unspecified atom stereocenters. The Labute approximate surface area is 140 Å². The average molecular weight is 333 g/mol. The molecule has 8 nitrogen and oxygen atoms in total. The van der Waals surface area contributed by atoms with Crippen molar-refractivity contribution in [1.29, 1.82) is 0 Å². The first-order valence-electron chi connectivity index (χ1n) is 8.22. The standard InChI is InChI=1S/C16H23N5O3/c1-3-13(15-4-5-17-20(15)2)18-16(22)14-10-12(24-19-14)11-21-6-8-23-9-7-21/h4-5,10,13H,3,6-9,11H2,1-2H3,(H,18,22). The van der Waals surface area contributed by atoms with Crippen molar-refractivity contribution >= 4 is 5.91 Å². The van der Waals surface area contributed by atoms with Gasteiger partial charge in [-0.1, -0.05) is 12.1 Å². The summed E-state index contributed by atoms with van der Waals surface area (Å²) in [5, 5.41) is 11.0. The van der Waals surface area contributed by atoms with Crippen molar-refractivity contribution in [1.82, 2.24) is 25.2 Å². The summed E-state index contributed by atoms with van der Waals surface area (Å²) in [6, 6.07) is 3.51. The van der Waals surface area contributed by atoms with Crippen LogP contribution in [-0.2, 0) is 18.3 Å². The fourth-order valence-electron chi connectivity index (χ4n) is 2.82. The van der Waals surface area contributed by atoms with Crippen molar-refractivity contribution in [3.63, 3.8) is 0 Å². The lowest BCUT2D eigenvalue weighted by Gasteiger charge is -2.25. The maximum atomic E-state index is 12.4. The van der Waals surface area contributed by atoms with Gasteiger partial charge in [-0.15, -0.1) is 0 Å². The Kier molecular flexibility index (Phi) is 5.27. The van der Waals surface area contributed by atoms with Crippen LogP contribution >= 0.6 is 0 Å². The Morgan fingerprint density at radius 1 is 1.42 bits per heavy atom. The van der Waals surface area contributed by atoms with Crippen LogP contribution in [0.15, 0.2) is 22.9 Å². The van der Waals surface area contributed by atoms with Crippen molar-refractivity contribution in [2.45, 2.75) is 25.9 Å². The minimum atomic E-state index is -0.236. The SMILES string of the molecule is CCC(NC(=O)c1cc(CN2CCOCC2)on1)c1ccnn1C. The van der Waals surface area contributed by atoms with Gasteiger partial charge in [0.15, 0.2) is 11.5 Å². The molecule has 1 saturated heterocycles. The summed E-state index contributed by atoms with van der Waals surface area (Å²) < 4.78 is 12.4. The first kappa shape index (κ1) is 16.7. The van der Waals surface area contributed by atoms with Crippen LogP contribution in [0.3, 0.4) is 0 Å². The summed E-state index contributed by atoms with van der Waals surface area (Å²) in [6.07, 6.45) is 2.49. The van der Waals surface area contributed by atoms with Crippen molar-refractivity contribution in [2.24, 2.45) is 7.05 Å². The van der Waals surface area contributed by atoms with Crippen LogP contribution in [0.25, 0.3) is 0 Å². The number of morpholine rings is 1. The summed E-state index contributed by atoms with van der Waals surface area (Å²) in [5.41, 5.74) is 1.27. The van der Waals surface area contributed by atoms with Crippen LogP contribution in [0.1, 0.15) is 41.3 Å². The highest BCUT2D eigenvalue weighted by molar-refractivity contribution is 5.92. The number of hydrogen-bond donors (Lipinski definition) is 1. The van der Waals surface area contributed by atoms with E-state index in [-0.39, 0.29) is 11.9 Å². The number of aromatic nitrogens is 3. The van der Waals surface area contributed by atoms with Gasteiger partial charge in [0.25, 0.3) is 5.91 Å².